The number of esters is 1. The van der Waals surface area contributed by atoms with E-state index in [1.54, 1.807) is 12.1 Å². The lowest BCUT2D eigenvalue weighted by atomic mass is 10.1. The number of benzene rings is 1. The fourth-order valence-corrected chi connectivity index (χ4v) is 1.99. The molecule has 0 saturated heterocycles. The number of ether oxygens (including phenoxy) is 3. The van der Waals surface area contributed by atoms with Gasteiger partial charge in [-0.25, -0.2) is 0 Å². The van der Waals surface area contributed by atoms with Crippen LogP contribution >= 0.6 is 15.9 Å². The average molecular weight is 288 g/mol. The van der Waals surface area contributed by atoms with Crippen molar-refractivity contribution in [2.75, 3.05) is 13.9 Å². The van der Waals surface area contributed by atoms with Crippen molar-refractivity contribution in [3.05, 3.63) is 22.2 Å². The molecule has 0 aliphatic carbocycles. The van der Waals surface area contributed by atoms with Gasteiger partial charge in [-0.1, -0.05) is 15.9 Å². The van der Waals surface area contributed by atoms with E-state index in [9.17, 15) is 4.79 Å². The first-order chi connectivity index (χ1) is 7.63. The molecule has 16 heavy (non-hydrogen) atoms. The van der Waals surface area contributed by atoms with Crippen molar-refractivity contribution in [3.63, 3.8) is 0 Å². The largest absolute Gasteiger partial charge is 0.468 e. The van der Waals surface area contributed by atoms with Crippen molar-refractivity contribution >= 4 is 21.9 Å². The lowest BCUT2D eigenvalue weighted by Gasteiger charge is -2.12. The Morgan fingerprint density at radius 2 is 2.12 bits per heavy atom. The third-order valence-electron chi connectivity index (χ3n) is 2.28. The predicted molar refractivity (Wildman–Crippen MR) is 59.2 cm³/mol. The van der Waals surface area contributed by atoms with Gasteiger partial charge in [0.1, 0.15) is 6.04 Å². The first-order valence-electron chi connectivity index (χ1n) is 4.56. The fraction of sp³-hybridized carbons (Fsp3) is 0.300. The van der Waals surface area contributed by atoms with Crippen LogP contribution in [0.4, 0.5) is 0 Å². The molecule has 2 rings (SSSR count). The number of hydrogen-bond acceptors (Lipinski definition) is 5. The lowest BCUT2D eigenvalue weighted by molar-refractivity contribution is -0.142. The summed E-state index contributed by atoms with van der Waals surface area (Å²) >= 11 is 3.32. The highest BCUT2D eigenvalue weighted by Gasteiger charge is 2.23. The smallest absolute Gasteiger partial charge is 0.327 e. The van der Waals surface area contributed by atoms with Crippen LogP contribution in [0.3, 0.4) is 0 Å². The Hall–Kier alpha value is -1.27. The van der Waals surface area contributed by atoms with Gasteiger partial charge in [0.15, 0.2) is 11.5 Å². The van der Waals surface area contributed by atoms with Gasteiger partial charge in [-0.05, 0) is 17.7 Å². The van der Waals surface area contributed by atoms with Gasteiger partial charge in [0, 0.05) is 4.47 Å². The van der Waals surface area contributed by atoms with Gasteiger partial charge >= 0.3 is 5.97 Å². The van der Waals surface area contributed by atoms with Crippen molar-refractivity contribution in [1.82, 2.24) is 0 Å². The molecule has 0 fully saturated rings. The van der Waals surface area contributed by atoms with Crippen LogP contribution in [0, 0.1) is 0 Å². The molecule has 1 aromatic rings. The highest BCUT2D eigenvalue weighted by atomic mass is 79.9. The molecule has 86 valence electrons. The van der Waals surface area contributed by atoms with E-state index in [0.717, 1.165) is 0 Å². The molecule has 0 saturated carbocycles. The van der Waals surface area contributed by atoms with E-state index in [0.29, 0.717) is 21.5 Å². The van der Waals surface area contributed by atoms with Gasteiger partial charge < -0.3 is 19.9 Å². The topological polar surface area (TPSA) is 70.8 Å². The number of carbonyl (C=O) groups excluding carboxylic acids is 1. The highest BCUT2D eigenvalue weighted by Crippen LogP contribution is 2.38. The summed E-state index contributed by atoms with van der Waals surface area (Å²) in [6.45, 7) is 0.179. The molecule has 1 aromatic carbocycles. The van der Waals surface area contributed by atoms with Gasteiger partial charge in [0.2, 0.25) is 6.79 Å². The van der Waals surface area contributed by atoms with Crippen molar-refractivity contribution in [2.24, 2.45) is 5.73 Å². The second-order valence-corrected chi connectivity index (χ2v) is 4.08. The SMILES string of the molecule is COC(=O)[C@H](N)c1cc2c(cc1Br)OCO2. The van der Waals surface area contributed by atoms with E-state index >= 15 is 0 Å². The van der Waals surface area contributed by atoms with E-state index in [1.807, 2.05) is 0 Å². The van der Waals surface area contributed by atoms with Crippen LogP contribution in [-0.4, -0.2) is 19.9 Å². The van der Waals surface area contributed by atoms with Gasteiger partial charge in [0.05, 0.1) is 7.11 Å². The summed E-state index contributed by atoms with van der Waals surface area (Å²) in [6.07, 6.45) is 0. The van der Waals surface area contributed by atoms with E-state index in [1.165, 1.54) is 7.11 Å². The van der Waals surface area contributed by atoms with Crippen molar-refractivity contribution in [1.29, 1.82) is 0 Å². The molecule has 1 heterocycles. The molecule has 0 radical (unpaired) electrons. The maximum absolute atomic E-state index is 11.3. The second kappa shape index (κ2) is 4.31. The molecular weight excluding hydrogens is 278 g/mol. The monoisotopic (exact) mass is 287 g/mol. The molecule has 0 bridgehead atoms. The maximum atomic E-state index is 11.3. The lowest BCUT2D eigenvalue weighted by Crippen LogP contribution is -2.22. The number of methoxy groups -OCH3 is 1. The van der Waals surface area contributed by atoms with Crippen molar-refractivity contribution in [2.45, 2.75) is 6.04 Å². The Balaban J connectivity index is 2.38. The summed E-state index contributed by atoms with van der Waals surface area (Å²) in [5.41, 5.74) is 6.35. The summed E-state index contributed by atoms with van der Waals surface area (Å²) in [4.78, 5) is 11.3. The minimum Gasteiger partial charge on any atom is -0.468 e. The summed E-state index contributed by atoms with van der Waals surface area (Å²) in [6, 6.07) is 2.56. The fourth-order valence-electron chi connectivity index (χ4n) is 1.43. The van der Waals surface area contributed by atoms with E-state index in [-0.39, 0.29) is 6.79 Å². The standard InChI is InChI=1S/C10H10BrNO4/c1-14-10(13)9(12)5-2-7-8(3-6(5)11)16-4-15-7/h2-3,9H,4,12H2,1H3/t9-/m1/s1. The van der Waals surface area contributed by atoms with Crippen LogP contribution in [0.5, 0.6) is 11.5 Å². The highest BCUT2D eigenvalue weighted by molar-refractivity contribution is 9.10. The molecule has 1 aliphatic rings. The quantitative estimate of drug-likeness (QED) is 0.832. The Labute approximate surface area is 101 Å². The number of hydrogen-bond donors (Lipinski definition) is 1. The third kappa shape index (κ3) is 1.85. The minimum absolute atomic E-state index is 0.179. The zero-order valence-corrected chi connectivity index (χ0v) is 10.1. The summed E-state index contributed by atoms with van der Waals surface area (Å²) in [7, 11) is 1.29. The molecular formula is C10H10BrNO4. The molecule has 0 unspecified atom stereocenters. The van der Waals surface area contributed by atoms with E-state index in [2.05, 4.69) is 20.7 Å². The summed E-state index contributed by atoms with van der Waals surface area (Å²) < 4.78 is 15.7. The van der Waals surface area contributed by atoms with Crippen LogP contribution in [0.15, 0.2) is 16.6 Å². The van der Waals surface area contributed by atoms with Crippen molar-refractivity contribution in [3.8, 4) is 11.5 Å². The normalized spacial score (nSPS) is 14.7. The molecule has 1 atom stereocenters. The third-order valence-corrected chi connectivity index (χ3v) is 2.97. The molecule has 0 aromatic heterocycles. The number of fused-ring (bicyclic) bond motifs is 1. The van der Waals surface area contributed by atoms with Crippen LogP contribution < -0.4 is 15.2 Å². The van der Waals surface area contributed by atoms with E-state index < -0.39 is 12.0 Å². The Morgan fingerprint density at radius 3 is 2.75 bits per heavy atom. The number of rotatable bonds is 2. The Kier molecular flexibility index (Phi) is 3.02. The Bertz CT molecular complexity index is 435. The molecule has 0 spiro atoms. The summed E-state index contributed by atoms with van der Waals surface area (Å²) in [5, 5.41) is 0. The maximum Gasteiger partial charge on any atom is 0.327 e. The van der Waals surface area contributed by atoms with Crippen LogP contribution in [0.25, 0.3) is 0 Å². The first-order valence-corrected chi connectivity index (χ1v) is 5.35. The van der Waals surface area contributed by atoms with Gasteiger partial charge in [-0.2, -0.15) is 0 Å². The Morgan fingerprint density at radius 1 is 1.50 bits per heavy atom. The molecule has 1 aliphatic heterocycles. The first kappa shape index (κ1) is 11.2. The molecule has 2 N–H and O–H groups in total. The average Bonchev–Trinajstić information content (AvgIpc) is 2.72. The van der Waals surface area contributed by atoms with Crippen LogP contribution in [-0.2, 0) is 9.53 Å². The van der Waals surface area contributed by atoms with Crippen LogP contribution in [0.1, 0.15) is 11.6 Å². The molecule has 0 amide bonds. The zero-order valence-electron chi connectivity index (χ0n) is 8.53. The predicted octanol–water partition coefficient (Wildman–Crippen LogP) is 1.35. The summed E-state index contributed by atoms with van der Waals surface area (Å²) in [5.74, 6) is 0.713. The molecule has 6 heteroatoms. The van der Waals surface area contributed by atoms with E-state index in [4.69, 9.17) is 15.2 Å². The molecule has 5 nitrogen and oxygen atoms in total. The zero-order chi connectivity index (χ0) is 11.7. The van der Waals surface area contributed by atoms with Crippen LogP contribution in [0.2, 0.25) is 0 Å². The van der Waals surface area contributed by atoms with Gasteiger partial charge in [0.25, 0.3) is 0 Å². The number of carbonyl (C=O) groups is 1. The number of halogens is 1. The minimum atomic E-state index is -0.839. The van der Waals surface area contributed by atoms with Gasteiger partial charge in [-0.15, -0.1) is 0 Å². The number of nitrogens with two attached hydrogens (primary N) is 1. The van der Waals surface area contributed by atoms with Crippen molar-refractivity contribution < 1.29 is 19.0 Å². The van der Waals surface area contributed by atoms with Gasteiger partial charge in [-0.3, -0.25) is 4.79 Å². The second-order valence-electron chi connectivity index (χ2n) is 3.23.